The van der Waals surface area contributed by atoms with E-state index in [1.807, 2.05) is 6.20 Å². The molecule has 0 radical (unpaired) electrons. The first-order valence-electron chi connectivity index (χ1n) is 9.47. The average molecular weight is 350 g/mol. The van der Waals surface area contributed by atoms with Gasteiger partial charge in [0.2, 0.25) is 5.91 Å². The number of carbonyl (C=O) groups excluding carboxylic acids is 1. The minimum atomic E-state index is 0.179. The van der Waals surface area contributed by atoms with Gasteiger partial charge in [0, 0.05) is 42.7 Å². The van der Waals surface area contributed by atoms with Gasteiger partial charge in [-0.3, -0.25) is 9.69 Å². The van der Waals surface area contributed by atoms with E-state index in [1.165, 1.54) is 30.6 Å². The zero-order valence-corrected chi connectivity index (χ0v) is 16.1. The Hall–Kier alpha value is -0.940. The molecule has 2 heterocycles. The van der Waals surface area contributed by atoms with E-state index in [2.05, 4.69) is 36.0 Å². The third kappa shape index (κ3) is 4.37. The lowest BCUT2D eigenvalue weighted by Gasteiger charge is -2.37. The second kappa shape index (κ2) is 7.96. The summed E-state index contributed by atoms with van der Waals surface area (Å²) < 4.78 is 0. The van der Waals surface area contributed by atoms with Crippen LogP contribution in [-0.2, 0) is 11.3 Å². The third-order valence-electron chi connectivity index (χ3n) is 5.89. The first-order valence-corrected chi connectivity index (χ1v) is 10.3. The molecule has 0 bridgehead atoms. The summed E-state index contributed by atoms with van der Waals surface area (Å²) in [7, 11) is 0. The molecular formula is C19H31N3OS. The quantitative estimate of drug-likeness (QED) is 0.883. The minimum absolute atomic E-state index is 0.179. The summed E-state index contributed by atoms with van der Waals surface area (Å²) in [5.41, 5.74) is 0. The number of aryl methyl sites for hydroxylation is 1. The molecule has 1 aliphatic heterocycles. The van der Waals surface area contributed by atoms with E-state index in [-0.39, 0.29) is 11.8 Å². The van der Waals surface area contributed by atoms with Gasteiger partial charge in [-0.2, -0.15) is 0 Å². The Balaban J connectivity index is 1.47. The third-order valence-corrected chi connectivity index (χ3v) is 6.78. The van der Waals surface area contributed by atoms with Gasteiger partial charge in [-0.1, -0.05) is 26.7 Å². The van der Waals surface area contributed by atoms with Crippen LogP contribution in [0.3, 0.4) is 0 Å². The molecule has 2 aliphatic rings. The standard InChI is InChI=1S/C19H31N3OS/c1-13-11-22(12-17-10-20-15(3)24-17)9-8-18(13)21-19(23)14(2)16-6-4-5-7-16/h10,13-14,16,18H,4-9,11-12H2,1-3H3,(H,21,23)/t13-,14+,18-/m0/s1. The highest BCUT2D eigenvalue weighted by atomic mass is 32.1. The summed E-state index contributed by atoms with van der Waals surface area (Å²) in [6.07, 6.45) is 8.12. The van der Waals surface area contributed by atoms with Crippen molar-refractivity contribution in [3.05, 3.63) is 16.1 Å². The Morgan fingerprint density at radius 2 is 2.17 bits per heavy atom. The Bertz CT molecular complexity index is 553. The maximum Gasteiger partial charge on any atom is 0.223 e. The number of thiazole rings is 1. The molecule has 1 saturated carbocycles. The summed E-state index contributed by atoms with van der Waals surface area (Å²) in [6, 6.07) is 0.334. The van der Waals surface area contributed by atoms with Gasteiger partial charge in [-0.15, -0.1) is 11.3 Å². The molecule has 5 heteroatoms. The van der Waals surface area contributed by atoms with E-state index in [1.54, 1.807) is 11.3 Å². The van der Waals surface area contributed by atoms with Crippen molar-refractivity contribution in [2.45, 2.75) is 65.5 Å². The van der Waals surface area contributed by atoms with Crippen LogP contribution in [0.15, 0.2) is 6.20 Å². The molecular weight excluding hydrogens is 318 g/mol. The Kier molecular flexibility index (Phi) is 5.93. The molecule has 0 aromatic carbocycles. The summed E-state index contributed by atoms with van der Waals surface area (Å²) in [6.45, 7) is 9.56. The van der Waals surface area contributed by atoms with Crippen molar-refractivity contribution in [2.24, 2.45) is 17.8 Å². The number of nitrogens with one attached hydrogen (secondary N) is 1. The van der Waals surface area contributed by atoms with E-state index in [9.17, 15) is 4.79 Å². The van der Waals surface area contributed by atoms with Crippen LogP contribution in [0.1, 0.15) is 55.8 Å². The number of likely N-dealkylation sites (tertiary alicyclic amines) is 1. The first-order chi connectivity index (χ1) is 11.5. The molecule has 24 heavy (non-hydrogen) atoms. The zero-order chi connectivity index (χ0) is 17.1. The highest BCUT2D eigenvalue weighted by Gasteiger charge is 2.31. The van der Waals surface area contributed by atoms with Crippen LogP contribution in [0.5, 0.6) is 0 Å². The molecule has 1 aromatic rings. The van der Waals surface area contributed by atoms with Crippen molar-refractivity contribution in [3.8, 4) is 0 Å². The summed E-state index contributed by atoms with van der Waals surface area (Å²) >= 11 is 1.79. The maximum absolute atomic E-state index is 12.6. The van der Waals surface area contributed by atoms with Crippen LogP contribution in [0.2, 0.25) is 0 Å². The van der Waals surface area contributed by atoms with Gasteiger partial charge >= 0.3 is 0 Å². The topological polar surface area (TPSA) is 45.2 Å². The number of piperidine rings is 1. The molecule has 3 rings (SSSR count). The predicted octanol–water partition coefficient (Wildman–Crippen LogP) is 3.60. The fraction of sp³-hybridized carbons (Fsp3) is 0.789. The second-order valence-electron chi connectivity index (χ2n) is 7.79. The lowest BCUT2D eigenvalue weighted by molar-refractivity contribution is -0.127. The molecule has 1 N–H and O–H groups in total. The average Bonchev–Trinajstić information content (AvgIpc) is 3.21. The molecule has 1 aromatic heterocycles. The van der Waals surface area contributed by atoms with Crippen molar-refractivity contribution >= 4 is 17.2 Å². The molecule has 2 fully saturated rings. The molecule has 0 unspecified atom stereocenters. The van der Waals surface area contributed by atoms with Crippen molar-refractivity contribution in [1.82, 2.24) is 15.2 Å². The van der Waals surface area contributed by atoms with Crippen molar-refractivity contribution in [2.75, 3.05) is 13.1 Å². The van der Waals surface area contributed by atoms with Crippen LogP contribution >= 0.6 is 11.3 Å². The highest BCUT2D eigenvalue weighted by Crippen LogP contribution is 2.31. The van der Waals surface area contributed by atoms with Gasteiger partial charge in [0.1, 0.15) is 0 Å². The number of amides is 1. The number of rotatable bonds is 5. The summed E-state index contributed by atoms with van der Waals surface area (Å²) in [5, 5.41) is 4.50. The maximum atomic E-state index is 12.6. The lowest BCUT2D eigenvalue weighted by atomic mass is 9.89. The van der Waals surface area contributed by atoms with Gasteiger partial charge in [0.15, 0.2) is 0 Å². The van der Waals surface area contributed by atoms with Gasteiger partial charge < -0.3 is 5.32 Å². The van der Waals surface area contributed by atoms with Crippen LogP contribution in [0, 0.1) is 24.7 Å². The largest absolute Gasteiger partial charge is 0.353 e. The number of nitrogens with zero attached hydrogens (tertiary/aromatic N) is 2. The predicted molar refractivity (Wildman–Crippen MR) is 99.0 cm³/mol. The van der Waals surface area contributed by atoms with Crippen LogP contribution in [-0.4, -0.2) is 34.9 Å². The Morgan fingerprint density at radius 3 is 2.79 bits per heavy atom. The van der Waals surface area contributed by atoms with E-state index < -0.39 is 0 Å². The molecule has 134 valence electrons. The number of hydrogen-bond donors (Lipinski definition) is 1. The molecule has 1 saturated heterocycles. The highest BCUT2D eigenvalue weighted by molar-refractivity contribution is 7.11. The van der Waals surface area contributed by atoms with Gasteiger partial charge in [-0.05, 0) is 38.0 Å². The summed E-state index contributed by atoms with van der Waals surface area (Å²) in [4.78, 5) is 20.8. The molecule has 1 amide bonds. The number of carbonyl (C=O) groups is 1. The van der Waals surface area contributed by atoms with Crippen LogP contribution < -0.4 is 5.32 Å². The van der Waals surface area contributed by atoms with Crippen molar-refractivity contribution in [1.29, 1.82) is 0 Å². The first kappa shape index (κ1) is 17.9. The van der Waals surface area contributed by atoms with Crippen LogP contribution in [0.25, 0.3) is 0 Å². The molecule has 4 nitrogen and oxygen atoms in total. The second-order valence-corrected chi connectivity index (χ2v) is 9.11. The van der Waals surface area contributed by atoms with Gasteiger partial charge in [0.05, 0.1) is 5.01 Å². The van der Waals surface area contributed by atoms with Gasteiger partial charge in [-0.25, -0.2) is 4.98 Å². The molecule has 3 atom stereocenters. The van der Waals surface area contributed by atoms with Crippen molar-refractivity contribution in [3.63, 3.8) is 0 Å². The zero-order valence-electron chi connectivity index (χ0n) is 15.3. The fourth-order valence-electron chi connectivity index (χ4n) is 4.27. The molecule has 1 aliphatic carbocycles. The smallest absolute Gasteiger partial charge is 0.223 e. The monoisotopic (exact) mass is 349 g/mol. The van der Waals surface area contributed by atoms with E-state index >= 15 is 0 Å². The SMILES string of the molecule is Cc1ncc(CN2CC[C@H](NC(=O)[C@H](C)C3CCCC3)[C@@H](C)C2)s1. The molecule has 0 spiro atoms. The summed E-state index contributed by atoms with van der Waals surface area (Å²) in [5.74, 6) is 1.57. The fourth-order valence-corrected chi connectivity index (χ4v) is 5.11. The van der Waals surface area contributed by atoms with Crippen molar-refractivity contribution < 1.29 is 4.79 Å². The minimum Gasteiger partial charge on any atom is -0.353 e. The van der Waals surface area contributed by atoms with Crippen LogP contribution in [0.4, 0.5) is 0 Å². The normalized spacial score (nSPS) is 27.3. The van der Waals surface area contributed by atoms with E-state index in [0.717, 1.165) is 31.1 Å². The van der Waals surface area contributed by atoms with E-state index in [4.69, 9.17) is 0 Å². The van der Waals surface area contributed by atoms with Gasteiger partial charge in [0.25, 0.3) is 0 Å². The lowest BCUT2D eigenvalue weighted by Crippen LogP contribution is -2.51. The Morgan fingerprint density at radius 1 is 1.42 bits per heavy atom. The van der Waals surface area contributed by atoms with E-state index in [0.29, 0.717) is 17.9 Å². The Labute approximate surface area is 150 Å². The number of hydrogen-bond acceptors (Lipinski definition) is 4. The number of aromatic nitrogens is 1.